The molecule has 0 bridgehead atoms. The Labute approximate surface area is 138 Å². The molecule has 1 atom stereocenters. The number of thioether (sulfide) groups is 1. The Kier molecular flexibility index (Phi) is 4.55. The Bertz CT molecular complexity index is 678. The first kappa shape index (κ1) is 15.2. The summed E-state index contributed by atoms with van der Waals surface area (Å²) in [4.78, 5) is 18.7. The topological polar surface area (TPSA) is 42.4 Å². The van der Waals surface area contributed by atoms with Crippen molar-refractivity contribution in [2.24, 2.45) is 0 Å². The number of pyridine rings is 1. The number of nitrogens with zero attached hydrogens (tertiary/aromatic N) is 2. The third-order valence-corrected chi connectivity index (χ3v) is 5.01. The number of methoxy groups -OCH3 is 1. The summed E-state index contributed by atoms with van der Waals surface area (Å²) in [5.41, 5.74) is 1.68. The number of hydrogen-bond donors (Lipinski definition) is 0. The zero-order chi connectivity index (χ0) is 15.5. The zero-order valence-corrected chi connectivity index (χ0v) is 13.6. The van der Waals surface area contributed by atoms with Crippen LogP contribution in [0.25, 0.3) is 0 Å². The zero-order valence-electron chi connectivity index (χ0n) is 12.0. The van der Waals surface area contributed by atoms with Crippen LogP contribution in [0.5, 0.6) is 5.88 Å². The number of carbonyl (C=O) groups is 1. The van der Waals surface area contributed by atoms with Gasteiger partial charge in [0.2, 0.25) is 5.88 Å². The maximum absolute atomic E-state index is 12.8. The second kappa shape index (κ2) is 6.58. The molecular weight excluding hydrogens is 320 g/mol. The van der Waals surface area contributed by atoms with Crippen LogP contribution in [0.4, 0.5) is 0 Å². The second-order valence-electron chi connectivity index (χ2n) is 4.86. The average molecular weight is 335 g/mol. The molecule has 1 unspecified atom stereocenters. The Morgan fingerprint density at radius 1 is 1.36 bits per heavy atom. The molecule has 114 valence electrons. The summed E-state index contributed by atoms with van der Waals surface area (Å²) in [5.74, 6) is 1.35. The van der Waals surface area contributed by atoms with Crippen LogP contribution in [0, 0.1) is 0 Å². The molecule has 2 aromatic rings. The molecule has 1 aromatic carbocycles. The monoisotopic (exact) mass is 334 g/mol. The molecule has 0 aliphatic carbocycles. The van der Waals surface area contributed by atoms with Crippen molar-refractivity contribution in [2.45, 2.75) is 5.37 Å². The molecule has 1 aromatic heterocycles. The number of benzene rings is 1. The van der Waals surface area contributed by atoms with Crippen molar-refractivity contribution >= 4 is 29.3 Å². The fraction of sp³-hybridized carbons (Fsp3) is 0.250. The fourth-order valence-electron chi connectivity index (χ4n) is 2.40. The molecular formula is C16H15ClN2O2S. The van der Waals surface area contributed by atoms with E-state index in [0.29, 0.717) is 16.5 Å². The largest absolute Gasteiger partial charge is 0.481 e. The number of hydrogen-bond acceptors (Lipinski definition) is 4. The summed E-state index contributed by atoms with van der Waals surface area (Å²) in [6.45, 7) is 0.724. The summed E-state index contributed by atoms with van der Waals surface area (Å²) >= 11 is 7.70. The van der Waals surface area contributed by atoms with Crippen LogP contribution < -0.4 is 4.74 Å². The SMILES string of the molecule is COc1cc(C(=O)N2CCSC2c2ccc(Cl)cc2)ccn1. The van der Waals surface area contributed by atoms with Crippen molar-refractivity contribution < 1.29 is 9.53 Å². The smallest absolute Gasteiger partial charge is 0.255 e. The summed E-state index contributed by atoms with van der Waals surface area (Å²) in [6.07, 6.45) is 1.59. The summed E-state index contributed by atoms with van der Waals surface area (Å²) in [7, 11) is 1.54. The number of amides is 1. The van der Waals surface area contributed by atoms with E-state index >= 15 is 0 Å². The maximum atomic E-state index is 12.8. The predicted octanol–water partition coefficient (Wildman–Crippen LogP) is 3.63. The molecule has 0 spiro atoms. The molecule has 0 radical (unpaired) electrons. The standard InChI is InChI=1S/C16H15ClN2O2S/c1-21-14-10-12(6-7-18-14)15(20)19-8-9-22-16(19)11-2-4-13(17)5-3-11/h2-7,10,16H,8-9H2,1H3. The van der Waals surface area contributed by atoms with Crippen LogP contribution in [0.15, 0.2) is 42.6 Å². The van der Waals surface area contributed by atoms with Gasteiger partial charge in [0.05, 0.1) is 7.11 Å². The third-order valence-electron chi connectivity index (χ3n) is 3.50. The molecule has 0 N–H and O–H groups in total. The van der Waals surface area contributed by atoms with Gasteiger partial charge < -0.3 is 9.64 Å². The molecule has 22 heavy (non-hydrogen) atoms. The minimum Gasteiger partial charge on any atom is -0.481 e. The van der Waals surface area contributed by atoms with Gasteiger partial charge in [-0.15, -0.1) is 11.8 Å². The van der Waals surface area contributed by atoms with E-state index in [1.165, 1.54) is 0 Å². The lowest BCUT2D eigenvalue weighted by Gasteiger charge is -2.24. The number of aromatic nitrogens is 1. The van der Waals surface area contributed by atoms with Crippen molar-refractivity contribution in [3.8, 4) is 5.88 Å². The normalized spacial score (nSPS) is 17.5. The number of ether oxygens (including phenoxy) is 1. The number of halogens is 1. The maximum Gasteiger partial charge on any atom is 0.255 e. The lowest BCUT2D eigenvalue weighted by Crippen LogP contribution is -2.30. The minimum atomic E-state index is -0.00866. The lowest BCUT2D eigenvalue weighted by molar-refractivity contribution is 0.0759. The summed E-state index contributed by atoms with van der Waals surface area (Å²) in [5, 5.41) is 0.715. The first-order chi connectivity index (χ1) is 10.7. The van der Waals surface area contributed by atoms with E-state index in [1.807, 2.05) is 29.2 Å². The predicted molar refractivity (Wildman–Crippen MR) is 88.5 cm³/mol. The number of rotatable bonds is 3. The van der Waals surface area contributed by atoms with Gasteiger partial charge in [0.1, 0.15) is 5.37 Å². The van der Waals surface area contributed by atoms with E-state index in [-0.39, 0.29) is 11.3 Å². The Morgan fingerprint density at radius 2 is 2.14 bits per heavy atom. The average Bonchev–Trinajstić information content (AvgIpc) is 3.04. The van der Waals surface area contributed by atoms with Gasteiger partial charge in [0.25, 0.3) is 5.91 Å². The van der Waals surface area contributed by atoms with Crippen LogP contribution in [-0.4, -0.2) is 35.2 Å². The molecule has 1 saturated heterocycles. The van der Waals surface area contributed by atoms with Gasteiger partial charge in [-0.1, -0.05) is 23.7 Å². The Balaban J connectivity index is 1.85. The highest BCUT2D eigenvalue weighted by Crippen LogP contribution is 2.39. The van der Waals surface area contributed by atoms with Gasteiger partial charge in [0, 0.05) is 35.1 Å². The quantitative estimate of drug-likeness (QED) is 0.859. The first-order valence-corrected chi connectivity index (χ1v) is 8.30. The highest BCUT2D eigenvalue weighted by Gasteiger charge is 2.31. The lowest BCUT2D eigenvalue weighted by atomic mass is 10.1. The van der Waals surface area contributed by atoms with E-state index in [0.717, 1.165) is 17.9 Å². The van der Waals surface area contributed by atoms with Gasteiger partial charge in [0.15, 0.2) is 0 Å². The van der Waals surface area contributed by atoms with E-state index in [4.69, 9.17) is 16.3 Å². The van der Waals surface area contributed by atoms with Crippen molar-refractivity contribution in [2.75, 3.05) is 19.4 Å². The molecule has 4 nitrogen and oxygen atoms in total. The van der Waals surface area contributed by atoms with Gasteiger partial charge in [-0.25, -0.2) is 4.98 Å². The van der Waals surface area contributed by atoms with Crippen molar-refractivity contribution in [1.29, 1.82) is 0 Å². The molecule has 2 heterocycles. The molecule has 1 fully saturated rings. The van der Waals surface area contributed by atoms with Crippen molar-refractivity contribution in [3.63, 3.8) is 0 Å². The van der Waals surface area contributed by atoms with E-state index < -0.39 is 0 Å². The summed E-state index contributed by atoms with van der Waals surface area (Å²) in [6, 6.07) is 11.0. The molecule has 6 heteroatoms. The Morgan fingerprint density at radius 3 is 2.86 bits per heavy atom. The van der Waals surface area contributed by atoms with Crippen molar-refractivity contribution in [1.82, 2.24) is 9.88 Å². The molecule has 0 saturated carbocycles. The van der Waals surface area contributed by atoms with Crippen LogP contribution in [0.1, 0.15) is 21.3 Å². The van der Waals surface area contributed by atoms with Gasteiger partial charge in [-0.05, 0) is 23.8 Å². The van der Waals surface area contributed by atoms with Crippen LogP contribution >= 0.6 is 23.4 Å². The summed E-state index contributed by atoms with van der Waals surface area (Å²) < 4.78 is 5.09. The van der Waals surface area contributed by atoms with E-state index in [1.54, 1.807) is 37.2 Å². The molecule has 1 aliphatic rings. The molecule has 1 aliphatic heterocycles. The Hall–Kier alpha value is -1.72. The highest BCUT2D eigenvalue weighted by molar-refractivity contribution is 7.99. The van der Waals surface area contributed by atoms with E-state index in [2.05, 4.69) is 4.98 Å². The van der Waals surface area contributed by atoms with Crippen LogP contribution in [0.3, 0.4) is 0 Å². The van der Waals surface area contributed by atoms with Crippen LogP contribution in [-0.2, 0) is 0 Å². The van der Waals surface area contributed by atoms with Gasteiger partial charge >= 0.3 is 0 Å². The number of carbonyl (C=O) groups excluding carboxylic acids is 1. The first-order valence-electron chi connectivity index (χ1n) is 6.87. The molecule has 3 rings (SSSR count). The van der Waals surface area contributed by atoms with Gasteiger partial charge in [-0.2, -0.15) is 0 Å². The highest BCUT2D eigenvalue weighted by atomic mass is 35.5. The third kappa shape index (κ3) is 3.05. The van der Waals surface area contributed by atoms with E-state index in [9.17, 15) is 4.79 Å². The fourth-order valence-corrected chi connectivity index (χ4v) is 3.78. The van der Waals surface area contributed by atoms with Gasteiger partial charge in [-0.3, -0.25) is 4.79 Å². The van der Waals surface area contributed by atoms with Crippen molar-refractivity contribution in [3.05, 3.63) is 58.7 Å². The molecule has 1 amide bonds. The van der Waals surface area contributed by atoms with Crippen LogP contribution in [0.2, 0.25) is 5.02 Å². The second-order valence-corrected chi connectivity index (χ2v) is 6.48. The minimum absolute atomic E-state index is 0.00866.